The van der Waals surface area contributed by atoms with Crippen LogP contribution in [0.25, 0.3) is 0 Å². The van der Waals surface area contributed by atoms with Crippen LogP contribution < -0.4 is 0 Å². The highest BCUT2D eigenvalue weighted by Gasteiger charge is 2.36. The monoisotopic (exact) mass is 142 g/mol. The van der Waals surface area contributed by atoms with Crippen molar-refractivity contribution < 1.29 is 5.11 Å². The predicted molar refractivity (Wildman–Crippen MR) is 42.9 cm³/mol. The van der Waals surface area contributed by atoms with Gasteiger partial charge in [0, 0.05) is 0 Å². The average molecular weight is 142 g/mol. The third-order valence-electron chi connectivity index (χ3n) is 2.85. The van der Waals surface area contributed by atoms with Gasteiger partial charge >= 0.3 is 0 Å². The van der Waals surface area contributed by atoms with Gasteiger partial charge in [0.15, 0.2) is 0 Å². The molecule has 0 spiro atoms. The maximum Gasteiger partial charge on any atom is 0.0673 e. The van der Waals surface area contributed by atoms with E-state index in [2.05, 4.69) is 13.8 Å². The average Bonchev–Trinajstić information content (AvgIpc) is 2.15. The van der Waals surface area contributed by atoms with Gasteiger partial charge in [0.2, 0.25) is 0 Å². The van der Waals surface area contributed by atoms with Gasteiger partial charge in [-0.2, -0.15) is 0 Å². The normalized spacial score (nSPS) is 40.5. The van der Waals surface area contributed by atoms with Crippen LogP contribution in [0, 0.1) is 5.92 Å². The highest BCUT2D eigenvalue weighted by molar-refractivity contribution is 4.89. The van der Waals surface area contributed by atoms with Crippen molar-refractivity contribution in [3.8, 4) is 0 Å². The summed E-state index contributed by atoms with van der Waals surface area (Å²) in [5.74, 6) is 0.535. The Hall–Kier alpha value is -0.0400. The second-order valence-corrected chi connectivity index (χ2v) is 3.65. The van der Waals surface area contributed by atoms with E-state index in [1.54, 1.807) is 0 Å². The SMILES string of the molecule is CCC[C@@]1(O)CCCC1C. The maximum atomic E-state index is 9.96. The van der Waals surface area contributed by atoms with E-state index < -0.39 is 0 Å². The molecule has 1 aliphatic rings. The third-order valence-corrected chi connectivity index (χ3v) is 2.85. The summed E-state index contributed by atoms with van der Waals surface area (Å²) in [4.78, 5) is 0. The standard InChI is InChI=1S/C9H18O/c1-3-6-9(10)7-4-5-8(9)2/h8,10H,3-7H2,1-2H3/t8?,9-/m1/s1. The van der Waals surface area contributed by atoms with Crippen molar-refractivity contribution in [2.75, 3.05) is 0 Å². The van der Waals surface area contributed by atoms with Crippen molar-refractivity contribution in [1.82, 2.24) is 0 Å². The van der Waals surface area contributed by atoms with E-state index in [0.717, 1.165) is 19.3 Å². The molecule has 0 aliphatic heterocycles. The highest BCUT2D eigenvalue weighted by atomic mass is 16.3. The first-order valence-corrected chi connectivity index (χ1v) is 4.41. The first-order chi connectivity index (χ1) is 4.69. The maximum absolute atomic E-state index is 9.96. The molecule has 0 heterocycles. The molecule has 1 rings (SSSR count). The molecule has 1 heteroatoms. The second kappa shape index (κ2) is 2.91. The van der Waals surface area contributed by atoms with Gasteiger partial charge in [-0.25, -0.2) is 0 Å². The third kappa shape index (κ3) is 1.34. The molecule has 0 aromatic carbocycles. The number of rotatable bonds is 2. The summed E-state index contributed by atoms with van der Waals surface area (Å²) >= 11 is 0. The summed E-state index contributed by atoms with van der Waals surface area (Å²) in [7, 11) is 0. The van der Waals surface area contributed by atoms with Gasteiger partial charge in [0.25, 0.3) is 0 Å². The quantitative estimate of drug-likeness (QED) is 0.627. The summed E-state index contributed by atoms with van der Waals surface area (Å²) in [6.07, 6.45) is 5.57. The Kier molecular flexibility index (Phi) is 2.35. The molecular formula is C9H18O. The zero-order valence-electron chi connectivity index (χ0n) is 7.06. The van der Waals surface area contributed by atoms with Crippen LogP contribution in [0.3, 0.4) is 0 Å². The molecule has 10 heavy (non-hydrogen) atoms. The first-order valence-electron chi connectivity index (χ1n) is 4.41. The van der Waals surface area contributed by atoms with Crippen molar-refractivity contribution in [2.24, 2.45) is 5.92 Å². The van der Waals surface area contributed by atoms with Crippen molar-refractivity contribution >= 4 is 0 Å². The fraction of sp³-hybridized carbons (Fsp3) is 1.00. The molecular weight excluding hydrogens is 124 g/mol. The Bertz CT molecular complexity index is 111. The lowest BCUT2D eigenvalue weighted by atomic mass is 9.88. The van der Waals surface area contributed by atoms with Crippen LogP contribution >= 0.6 is 0 Å². The van der Waals surface area contributed by atoms with Gasteiger partial charge in [0.05, 0.1) is 5.60 Å². The van der Waals surface area contributed by atoms with Crippen molar-refractivity contribution in [3.05, 3.63) is 0 Å². The highest BCUT2D eigenvalue weighted by Crippen LogP contribution is 2.38. The second-order valence-electron chi connectivity index (χ2n) is 3.65. The molecule has 1 saturated carbocycles. The van der Waals surface area contributed by atoms with E-state index in [4.69, 9.17) is 0 Å². The van der Waals surface area contributed by atoms with Gasteiger partial charge in [-0.3, -0.25) is 0 Å². The molecule has 1 fully saturated rings. The molecule has 1 nitrogen and oxygen atoms in total. The summed E-state index contributed by atoms with van der Waals surface area (Å²) in [5.41, 5.74) is -0.297. The largest absolute Gasteiger partial charge is 0.390 e. The molecule has 2 atom stereocenters. The Balaban J connectivity index is 2.48. The molecule has 0 aromatic rings. The minimum Gasteiger partial charge on any atom is -0.390 e. The van der Waals surface area contributed by atoms with Crippen molar-refractivity contribution in [3.63, 3.8) is 0 Å². The smallest absolute Gasteiger partial charge is 0.0673 e. The molecule has 0 bridgehead atoms. The van der Waals surface area contributed by atoms with E-state index in [-0.39, 0.29) is 5.60 Å². The predicted octanol–water partition coefficient (Wildman–Crippen LogP) is 2.34. The van der Waals surface area contributed by atoms with Crippen LogP contribution in [0.2, 0.25) is 0 Å². The summed E-state index contributed by atoms with van der Waals surface area (Å²) in [6.45, 7) is 4.31. The van der Waals surface area contributed by atoms with E-state index >= 15 is 0 Å². The van der Waals surface area contributed by atoms with Gasteiger partial charge < -0.3 is 5.11 Å². The Morgan fingerprint density at radius 1 is 1.60 bits per heavy atom. The summed E-state index contributed by atoms with van der Waals surface area (Å²) in [5, 5.41) is 9.96. The molecule has 0 aromatic heterocycles. The zero-order valence-corrected chi connectivity index (χ0v) is 7.06. The van der Waals surface area contributed by atoms with Gasteiger partial charge in [-0.15, -0.1) is 0 Å². The molecule has 60 valence electrons. The Morgan fingerprint density at radius 2 is 2.30 bits per heavy atom. The van der Waals surface area contributed by atoms with Gasteiger partial charge in [0.1, 0.15) is 0 Å². The Morgan fingerprint density at radius 3 is 2.70 bits per heavy atom. The van der Waals surface area contributed by atoms with Crippen molar-refractivity contribution in [2.45, 2.75) is 51.6 Å². The molecule has 1 unspecified atom stereocenters. The number of aliphatic hydroxyl groups is 1. The fourth-order valence-corrected chi connectivity index (χ4v) is 2.03. The van der Waals surface area contributed by atoms with Crippen LogP contribution in [0.1, 0.15) is 46.0 Å². The van der Waals surface area contributed by atoms with E-state index in [1.165, 1.54) is 12.8 Å². The van der Waals surface area contributed by atoms with E-state index in [1.807, 2.05) is 0 Å². The lowest BCUT2D eigenvalue weighted by Crippen LogP contribution is -2.30. The van der Waals surface area contributed by atoms with Crippen LogP contribution in [0.15, 0.2) is 0 Å². The van der Waals surface area contributed by atoms with Crippen LogP contribution in [0.5, 0.6) is 0 Å². The molecule has 1 aliphatic carbocycles. The number of hydrogen-bond donors (Lipinski definition) is 1. The summed E-state index contributed by atoms with van der Waals surface area (Å²) in [6, 6.07) is 0. The van der Waals surface area contributed by atoms with Gasteiger partial charge in [-0.1, -0.05) is 26.7 Å². The van der Waals surface area contributed by atoms with Gasteiger partial charge in [-0.05, 0) is 25.2 Å². The summed E-state index contributed by atoms with van der Waals surface area (Å²) < 4.78 is 0. The lowest BCUT2D eigenvalue weighted by Gasteiger charge is -2.26. The van der Waals surface area contributed by atoms with E-state index in [9.17, 15) is 5.11 Å². The molecule has 0 saturated heterocycles. The first kappa shape index (κ1) is 8.06. The molecule has 0 amide bonds. The fourth-order valence-electron chi connectivity index (χ4n) is 2.03. The minimum absolute atomic E-state index is 0.297. The van der Waals surface area contributed by atoms with Crippen LogP contribution in [-0.4, -0.2) is 10.7 Å². The minimum atomic E-state index is -0.297. The van der Waals surface area contributed by atoms with Crippen LogP contribution in [0.4, 0.5) is 0 Å². The van der Waals surface area contributed by atoms with Crippen molar-refractivity contribution in [1.29, 1.82) is 0 Å². The molecule has 0 radical (unpaired) electrons. The Labute approximate surface area is 63.4 Å². The molecule has 1 N–H and O–H groups in total. The zero-order chi connectivity index (χ0) is 7.61. The van der Waals surface area contributed by atoms with E-state index in [0.29, 0.717) is 5.92 Å². The topological polar surface area (TPSA) is 20.2 Å². The number of hydrogen-bond acceptors (Lipinski definition) is 1. The lowest BCUT2D eigenvalue weighted by molar-refractivity contribution is 0.000419. The van der Waals surface area contributed by atoms with Crippen LogP contribution in [-0.2, 0) is 0 Å².